The Kier molecular flexibility index (Phi) is 2.02. The van der Waals surface area contributed by atoms with Gasteiger partial charge in [-0.2, -0.15) is 0 Å². The van der Waals surface area contributed by atoms with E-state index in [0.717, 1.165) is 23.1 Å². The number of fused-ring (bicyclic) bond motifs is 1. The Morgan fingerprint density at radius 3 is 3.08 bits per heavy atom. The van der Waals surface area contributed by atoms with E-state index >= 15 is 0 Å². The molecule has 0 saturated carbocycles. The summed E-state index contributed by atoms with van der Waals surface area (Å²) in [6.45, 7) is 2.06. The maximum Gasteiger partial charge on any atom is 0.137 e. The predicted octanol–water partition coefficient (Wildman–Crippen LogP) is 1.97. The first-order chi connectivity index (χ1) is 6.31. The van der Waals surface area contributed by atoms with E-state index < -0.39 is 0 Å². The Morgan fingerprint density at radius 2 is 2.31 bits per heavy atom. The lowest BCUT2D eigenvalue weighted by molar-refractivity contribution is 0.678. The van der Waals surface area contributed by atoms with Crippen LogP contribution in [0, 0.1) is 0 Å². The van der Waals surface area contributed by atoms with Crippen LogP contribution in [0.5, 0.6) is 0 Å². The van der Waals surface area contributed by atoms with Gasteiger partial charge in [0, 0.05) is 17.6 Å². The number of H-pyrrole nitrogens is 1. The highest BCUT2D eigenvalue weighted by Gasteiger charge is 2.05. The molecule has 0 fully saturated rings. The van der Waals surface area contributed by atoms with Gasteiger partial charge >= 0.3 is 0 Å². The van der Waals surface area contributed by atoms with Gasteiger partial charge in [0.1, 0.15) is 5.65 Å². The van der Waals surface area contributed by atoms with Gasteiger partial charge < -0.3 is 10.7 Å². The SMILES string of the molecule is CCC(N)c1ccc2cc[nH]c2n1. The minimum absolute atomic E-state index is 0.0488. The largest absolute Gasteiger partial charge is 0.346 e. The molecule has 68 valence electrons. The zero-order chi connectivity index (χ0) is 9.26. The molecule has 1 atom stereocenters. The molecular weight excluding hydrogens is 162 g/mol. The standard InChI is InChI=1S/C10H13N3/c1-2-8(11)9-4-3-7-5-6-12-10(7)13-9/h3-6,8H,2,11H2,1H3,(H,12,13). The smallest absolute Gasteiger partial charge is 0.137 e. The van der Waals surface area contributed by atoms with E-state index in [0.29, 0.717) is 0 Å². The summed E-state index contributed by atoms with van der Waals surface area (Å²) >= 11 is 0. The highest BCUT2D eigenvalue weighted by molar-refractivity contribution is 5.75. The van der Waals surface area contributed by atoms with E-state index in [2.05, 4.69) is 16.9 Å². The zero-order valence-corrected chi connectivity index (χ0v) is 7.62. The number of nitrogens with zero attached hydrogens (tertiary/aromatic N) is 1. The van der Waals surface area contributed by atoms with Crippen LogP contribution in [0.1, 0.15) is 25.1 Å². The van der Waals surface area contributed by atoms with Gasteiger partial charge in [0.05, 0.1) is 5.69 Å². The van der Waals surface area contributed by atoms with Crippen LogP contribution in [-0.4, -0.2) is 9.97 Å². The summed E-state index contributed by atoms with van der Waals surface area (Å²) in [5, 5.41) is 1.13. The van der Waals surface area contributed by atoms with Crippen molar-refractivity contribution in [1.82, 2.24) is 9.97 Å². The molecule has 2 aromatic rings. The van der Waals surface area contributed by atoms with Crippen molar-refractivity contribution in [2.24, 2.45) is 5.73 Å². The zero-order valence-electron chi connectivity index (χ0n) is 7.62. The normalized spacial score (nSPS) is 13.4. The van der Waals surface area contributed by atoms with Gasteiger partial charge in [-0.15, -0.1) is 0 Å². The number of hydrogen-bond acceptors (Lipinski definition) is 2. The molecule has 0 saturated heterocycles. The minimum Gasteiger partial charge on any atom is -0.346 e. The van der Waals surface area contributed by atoms with E-state index in [-0.39, 0.29) is 6.04 Å². The highest BCUT2D eigenvalue weighted by Crippen LogP contribution is 2.15. The number of hydrogen-bond donors (Lipinski definition) is 2. The first-order valence-corrected chi connectivity index (χ1v) is 4.51. The average Bonchev–Trinajstić information content (AvgIpc) is 2.63. The molecule has 0 bridgehead atoms. The van der Waals surface area contributed by atoms with Crippen LogP contribution in [0.4, 0.5) is 0 Å². The number of rotatable bonds is 2. The molecule has 0 aromatic carbocycles. The van der Waals surface area contributed by atoms with Crippen LogP contribution in [0.15, 0.2) is 24.4 Å². The molecule has 0 aliphatic rings. The van der Waals surface area contributed by atoms with Gasteiger partial charge in [-0.25, -0.2) is 4.98 Å². The molecule has 0 amide bonds. The molecule has 0 aliphatic carbocycles. The Labute approximate surface area is 77.0 Å². The predicted molar refractivity (Wildman–Crippen MR) is 53.3 cm³/mol. The summed E-state index contributed by atoms with van der Waals surface area (Å²) in [4.78, 5) is 7.50. The average molecular weight is 175 g/mol. The number of aromatic nitrogens is 2. The molecular formula is C10H13N3. The molecule has 3 nitrogen and oxygen atoms in total. The van der Waals surface area contributed by atoms with Crippen LogP contribution < -0.4 is 5.73 Å². The van der Waals surface area contributed by atoms with Crippen molar-refractivity contribution in [2.45, 2.75) is 19.4 Å². The van der Waals surface area contributed by atoms with E-state index in [4.69, 9.17) is 5.73 Å². The quantitative estimate of drug-likeness (QED) is 0.733. The fourth-order valence-electron chi connectivity index (χ4n) is 1.36. The van der Waals surface area contributed by atoms with Crippen LogP contribution in [0.3, 0.4) is 0 Å². The van der Waals surface area contributed by atoms with Crippen molar-refractivity contribution in [3.63, 3.8) is 0 Å². The summed E-state index contributed by atoms with van der Waals surface area (Å²) in [7, 11) is 0. The number of nitrogens with one attached hydrogen (secondary N) is 1. The third kappa shape index (κ3) is 1.42. The molecule has 2 aromatic heterocycles. The van der Waals surface area contributed by atoms with E-state index in [1.54, 1.807) is 0 Å². The summed E-state index contributed by atoms with van der Waals surface area (Å²) < 4.78 is 0. The lowest BCUT2D eigenvalue weighted by atomic mass is 10.1. The van der Waals surface area contributed by atoms with Crippen LogP contribution in [-0.2, 0) is 0 Å². The van der Waals surface area contributed by atoms with E-state index in [1.165, 1.54) is 0 Å². The Balaban J connectivity index is 2.48. The first-order valence-electron chi connectivity index (χ1n) is 4.51. The Bertz CT molecular complexity index is 405. The first kappa shape index (κ1) is 8.26. The van der Waals surface area contributed by atoms with Crippen LogP contribution in [0.25, 0.3) is 11.0 Å². The lowest BCUT2D eigenvalue weighted by Crippen LogP contribution is -2.10. The van der Waals surface area contributed by atoms with Gasteiger partial charge in [0.25, 0.3) is 0 Å². The van der Waals surface area contributed by atoms with Crippen molar-refractivity contribution in [1.29, 1.82) is 0 Å². The number of pyridine rings is 1. The van der Waals surface area contributed by atoms with Gasteiger partial charge in [-0.05, 0) is 24.6 Å². The van der Waals surface area contributed by atoms with Crippen molar-refractivity contribution >= 4 is 11.0 Å². The van der Waals surface area contributed by atoms with E-state index in [1.807, 2.05) is 24.4 Å². The van der Waals surface area contributed by atoms with Crippen molar-refractivity contribution in [2.75, 3.05) is 0 Å². The topological polar surface area (TPSA) is 54.7 Å². The maximum absolute atomic E-state index is 5.88. The number of aromatic amines is 1. The third-order valence-electron chi connectivity index (χ3n) is 2.25. The van der Waals surface area contributed by atoms with Gasteiger partial charge in [-0.1, -0.05) is 6.92 Å². The minimum atomic E-state index is 0.0488. The summed E-state index contributed by atoms with van der Waals surface area (Å²) in [6, 6.07) is 6.09. The van der Waals surface area contributed by atoms with Crippen LogP contribution >= 0.6 is 0 Å². The molecule has 0 aliphatic heterocycles. The van der Waals surface area contributed by atoms with Crippen LogP contribution in [0.2, 0.25) is 0 Å². The summed E-state index contributed by atoms with van der Waals surface area (Å²) in [5.74, 6) is 0. The molecule has 3 heteroatoms. The third-order valence-corrected chi connectivity index (χ3v) is 2.25. The second-order valence-electron chi connectivity index (χ2n) is 3.17. The van der Waals surface area contributed by atoms with Gasteiger partial charge in [-0.3, -0.25) is 0 Å². The van der Waals surface area contributed by atoms with Gasteiger partial charge in [0.2, 0.25) is 0 Å². The molecule has 2 rings (SSSR count). The highest BCUT2D eigenvalue weighted by atomic mass is 14.9. The van der Waals surface area contributed by atoms with E-state index in [9.17, 15) is 0 Å². The molecule has 13 heavy (non-hydrogen) atoms. The van der Waals surface area contributed by atoms with Crippen molar-refractivity contribution in [3.8, 4) is 0 Å². The Morgan fingerprint density at radius 1 is 1.46 bits per heavy atom. The van der Waals surface area contributed by atoms with Gasteiger partial charge in [0.15, 0.2) is 0 Å². The molecule has 1 unspecified atom stereocenters. The second-order valence-corrected chi connectivity index (χ2v) is 3.17. The fraction of sp³-hybridized carbons (Fsp3) is 0.300. The molecule has 2 heterocycles. The molecule has 0 spiro atoms. The van der Waals surface area contributed by atoms with Crippen molar-refractivity contribution in [3.05, 3.63) is 30.1 Å². The molecule has 0 radical (unpaired) electrons. The maximum atomic E-state index is 5.88. The molecule has 3 N–H and O–H groups in total. The number of nitrogens with two attached hydrogens (primary N) is 1. The fourth-order valence-corrected chi connectivity index (χ4v) is 1.36. The van der Waals surface area contributed by atoms with Crippen molar-refractivity contribution < 1.29 is 0 Å². The summed E-state index contributed by atoms with van der Waals surface area (Å²) in [5.41, 5.74) is 7.75. The summed E-state index contributed by atoms with van der Waals surface area (Å²) in [6.07, 6.45) is 2.80. The second kappa shape index (κ2) is 3.18. The Hall–Kier alpha value is -1.35. The monoisotopic (exact) mass is 175 g/mol. The lowest BCUT2D eigenvalue weighted by Gasteiger charge is -2.06.